The van der Waals surface area contributed by atoms with Crippen molar-refractivity contribution in [2.75, 3.05) is 6.54 Å². The normalized spacial score (nSPS) is 9.71. The predicted octanol–water partition coefficient (Wildman–Crippen LogP) is 2.24. The van der Waals surface area contributed by atoms with Crippen LogP contribution in [0.15, 0.2) is 24.4 Å². The van der Waals surface area contributed by atoms with Crippen LogP contribution in [0.1, 0.15) is 25.1 Å². The molecule has 6 heteroatoms. The lowest BCUT2D eigenvalue weighted by atomic mass is 10.2. The Balaban J connectivity index is 0.00000128. The molecule has 4 nitrogen and oxygen atoms in total. The third-order valence-electron chi connectivity index (χ3n) is 2.49. The summed E-state index contributed by atoms with van der Waals surface area (Å²) < 4.78 is 2.04. The van der Waals surface area contributed by atoms with Crippen molar-refractivity contribution in [1.82, 2.24) is 14.6 Å². The fraction of sp³-hybridized carbons (Fsp3) is 0.455. The van der Waals surface area contributed by atoms with E-state index in [0.717, 1.165) is 43.7 Å². The number of nitrogens with two attached hydrogens (primary N) is 1. The van der Waals surface area contributed by atoms with Gasteiger partial charge in [-0.25, -0.2) is 0 Å². The number of halogens is 2. The first-order valence-corrected chi connectivity index (χ1v) is 5.40. The van der Waals surface area contributed by atoms with E-state index in [9.17, 15) is 0 Å². The number of rotatable bonds is 5. The second kappa shape index (κ2) is 8.28. The number of aryl methyl sites for hydroxylation is 1. The number of unbranched alkanes of at least 4 members (excludes halogenated alkanes) is 2. The molecule has 0 radical (unpaired) electrons. The summed E-state index contributed by atoms with van der Waals surface area (Å²) in [4.78, 5) is 0. The van der Waals surface area contributed by atoms with Crippen molar-refractivity contribution < 1.29 is 0 Å². The van der Waals surface area contributed by atoms with Gasteiger partial charge >= 0.3 is 0 Å². The summed E-state index contributed by atoms with van der Waals surface area (Å²) in [5.74, 6) is 1.04. The van der Waals surface area contributed by atoms with Gasteiger partial charge in [0.2, 0.25) is 0 Å². The predicted molar refractivity (Wildman–Crippen MR) is 74.1 cm³/mol. The smallest absolute Gasteiger partial charge is 0.160 e. The minimum Gasteiger partial charge on any atom is -0.330 e. The van der Waals surface area contributed by atoms with Crippen LogP contribution < -0.4 is 5.73 Å². The molecule has 2 aromatic heterocycles. The molecule has 2 N–H and O–H groups in total. The molecule has 0 aliphatic carbocycles. The van der Waals surface area contributed by atoms with Crippen molar-refractivity contribution in [3.05, 3.63) is 30.2 Å². The van der Waals surface area contributed by atoms with Crippen LogP contribution >= 0.6 is 24.8 Å². The van der Waals surface area contributed by atoms with Crippen LogP contribution in [0, 0.1) is 0 Å². The third-order valence-corrected chi connectivity index (χ3v) is 2.49. The zero-order valence-corrected chi connectivity index (χ0v) is 11.2. The summed E-state index contributed by atoms with van der Waals surface area (Å²) in [5.41, 5.74) is 6.37. The Bertz CT molecular complexity index is 430. The van der Waals surface area contributed by atoms with E-state index in [2.05, 4.69) is 10.2 Å². The molecule has 2 aromatic rings. The van der Waals surface area contributed by atoms with Gasteiger partial charge in [-0.15, -0.1) is 35.0 Å². The summed E-state index contributed by atoms with van der Waals surface area (Å²) in [6.45, 7) is 0.778. The Morgan fingerprint density at radius 2 is 1.88 bits per heavy atom. The maximum Gasteiger partial charge on any atom is 0.160 e. The Morgan fingerprint density at radius 1 is 1.06 bits per heavy atom. The summed E-state index contributed by atoms with van der Waals surface area (Å²) in [6, 6.07) is 5.94. The second-order valence-electron chi connectivity index (χ2n) is 3.64. The van der Waals surface area contributed by atoms with Gasteiger partial charge in [-0.05, 0) is 31.5 Å². The number of hydrogen-bond acceptors (Lipinski definition) is 3. The van der Waals surface area contributed by atoms with Crippen LogP contribution in [0.5, 0.6) is 0 Å². The molecule has 0 bridgehead atoms. The molecule has 0 atom stereocenters. The van der Waals surface area contributed by atoms with E-state index in [-0.39, 0.29) is 24.8 Å². The van der Waals surface area contributed by atoms with Crippen molar-refractivity contribution >= 4 is 30.5 Å². The van der Waals surface area contributed by atoms with Crippen molar-refractivity contribution in [1.29, 1.82) is 0 Å². The van der Waals surface area contributed by atoms with Crippen LogP contribution in [0.3, 0.4) is 0 Å². The molecule has 0 aliphatic rings. The molecule has 17 heavy (non-hydrogen) atoms. The number of nitrogens with zero attached hydrogens (tertiary/aromatic N) is 3. The largest absolute Gasteiger partial charge is 0.330 e. The van der Waals surface area contributed by atoms with Gasteiger partial charge in [-0.3, -0.25) is 4.40 Å². The molecular formula is C11H18Cl2N4. The monoisotopic (exact) mass is 276 g/mol. The van der Waals surface area contributed by atoms with Crippen molar-refractivity contribution in [2.24, 2.45) is 5.73 Å². The number of hydrogen-bond donors (Lipinski definition) is 1. The quantitative estimate of drug-likeness (QED) is 0.853. The summed E-state index contributed by atoms with van der Waals surface area (Å²) in [6.07, 6.45) is 6.38. The first-order chi connectivity index (χ1) is 7.42. The highest BCUT2D eigenvalue weighted by Gasteiger charge is 2.02. The molecule has 2 rings (SSSR count). The van der Waals surface area contributed by atoms with Gasteiger partial charge in [0.1, 0.15) is 5.82 Å². The van der Waals surface area contributed by atoms with Gasteiger partial charge in [0.25, 0.3) is 0 Å². The molecule has 0 saturated carbocycles. The highest BCUT2D eigenvalue weighted by atomic mass is 35.5. The Labute approximate surface area is 113 Å². The topological polar surface area (TPSA) is 56.2 Å². The minimum atomic E-state index is 0. The van der Waals surface area contributed by atoms with E-state index < -0.39 is 0 Å². The summed E-state index contributed by atoms with van der Waals surface area (Å²) in [7, 11) is 0. The first-order valence-electron chi connectivity index (χ1n) is 5.40. The van der Waals surface area contributed by atoms with Gasteiger partial charge in [0.05, 0.1) is 0 Å². The third kappa shape index (κ3) is 4.15. The molecule has 0 fully saturated rings. The molecule has 0 unspecified atom stereocenters. The SMILES string of the molecule is Cl.Cl.NCCCCCc1nnc2ccccn12. The van der Waals surface area contributed by atoms with E-state index in [0.29, 0.717) is 0 Å². The van der Waals surface area contributed by atoms with Crippen LogP contribution in [0.25, 0.3) is 5.65 Å². The zero-order valence-electron chi connectivity index (χ0n) is 9.58. The van der Waals surface area contributed by atoms with E-state index in [4.69, 9.17) is 5.73 Å². The van der Waals surface area contributed by atoms with Gasteiger partial charge in [0.15, 0.2) is 5.65 Å². The van der Waals surface area contributed by atoms with Gasteiger partial charge in [-0.1, -0.05) is 12.5 Å². The molecule has 0 aromatic carbocycles. The molecule has 0 aliphatic heterocycles. The van der Waals surface area contributed by atoms with Gasteiger partial charge in [0, 0.05) is 12.6 Å². The number of aromatic nitrogens is 3. The minimum absolute atomic E-state index is 0. The molecule has 0 saturated heterocycles. The Kier molecular flexibility index (Phi) is 7.87. The van der Waals surface area contributed by atoms with E-state index in [1.54, 1.807) is 0 Å². The Morgan fingerprint density at radius 3 is 2.65 bits per heavy atom. The molecule has 0 spiro atoms. The van der Waals surface area contributed by atoms with Crippen LogP contribution in [0.2, 0.25) is 0 Å². The lowest BCUT2D eigenvalue weighted by Crippen LogP contribution is -1.99. The lowest BCUT2D eigenvalue weighted by molar-refractivity contribution is 0.665. The summed E-state index contributed by atoms with van der Waals surface area (Å²) >= 11 is 0. The van der Waals surface area contributed by atoms with Crippen molar-refractivity contribution in [2.45, 2.75) is 25.7 Å². The van der Waals surface area contributed by atoms with E-state index in [1.165, 1.54) is 0 Å². The van der Waals surface area contributed by atoms with Crippen molar-refractivity contribution in [3.8, 4) is 0 Å². The van der Waals surface area contributed by atoms with Crippen molar-refractivity contribution in [3.63, 3.8) is 0 Å². The lowest BCUT2D eigenvalue weighted by Gasteiger charge is -1.99. The Hall–Kier alpha value is -0.840. The van der Waals surface area contributed by atoms with Crippen LogP contribution in [0.4, 0.5) is 0 Å². The van der Waals surface area contributed by atoms with Gasteiger partial charge < -0.3 is 5.73 Å². The van der Waals surface area contributed by atoms with Crippen LogP contribution in [-0.4, -0.2) is 21.1 Å². The molecular weight excluding hydrogens is 259 g/mol. The maximum absolute atomic E-state index is 5.45. The second-order valence-corrected chi connectivity index (χ2v) is 3.64. The van der Waals surface area contributed by atoms with E-state index in [1.807, 2.05) is 28.8 Å². The first kappa shape index (κ1) is 16.2. The summed E-state index contributed by atoms with van der Waals surface area (Å²) in [5, 5.41) is 8.28. The molecule has 0 amide bonds. The number of pyridine rings is 1. The van der Waals surface area contributed by atoms with Crippen LogP contribution in [-0.2, 0) is 6.42 Å². The molecule has 2 heterocycles. The highest BCUT2D eigenvalue weighted by Crippen LogP contribution is 2.06. The maximum atomic E-state index is 5.45. The number of fused-ring (bicyclic) bond motifs is 1. The standard InChI is InChI=1S/C11H16N4.2ClH/c12-8-4-1-2-6-10-13-14-11-7-3-5-9-15(10)11;;/h3,5,7,9H,1-2,4,6,8,12H2;2*1H. The highest BCUT2D eigenvalue weighted by molar-refractivity contribution is 5.85. The fourth-order valence-electron chi connectivity index (χ4n) is 1.67. The molecule has 96 valence electrons. The zero-order chi connectivity index (χ0) is 10.5. The average molecular weight is 277 g/mol. The average Bonchev–Trinajstić information content (AvgIpc) is 2.68. The van der Waals surface area contributed by atoms with Gasteiger partial charge in [-0.2, -0.15) is 0 Å². The van der Waals surface area contributed by atoms with E-state index >= 15 is 0 Å². The fourth-order valence-corrected chi connectivity index (χ4v) is 1.67.